The molecule has 3 rings (SSSR count). The van der Waals surface area contributed by atoms with Crippen LogP contribution in [0, 0.1) is 5.92 Å². The standard InChI is InChI=1S/C15H15NO3/c1-18-15(17)14(11-4-5-11)19-12-7-6-10-3-2-8-16-13(10)9-12/h2-3,6-9,11,14H,4-5H2,1H3. The molecule has 1 aromatic heterocycles. The van der Waals surface area contributed by atoms with Gasteiger partial charge in [-0.25, -0.2) is 4.79 Å². The summed E-state index contributed by atoms with van der Waals surface area (Å²) in [7, 11) is 1.39. The summed E-state index contributed by atoms with van der Waals surface area (Å²) in [5, 5.41) is 1.05. The number of benzene rings is 1. The molecule has 1 unspecified atom stereocenters. The summed E-state index contributed by atoms with van der Waals surface area (Å²) in [6.45, 7) is 0. The summed E-state index contributed by atoms with van der Waals surface area (Å²) >= 11 is 0. The number of hydrogen-bond donors (Lipinski definition) is 0. The maximum atomic E-state index is 11.7. The molecule has 1 aromatic carbocycles. The molecule has 0 bridgehead atoms. The number of carbonyl (C=O) groups is 1. The number of methoxy groups -OCH3 is 1. The molecule has 0 radical (unpaired) electrons. The zero-order chi connectivity index (χ0) is 13.2. The largest absolute Gasteiger partial charge is 0.478 e. The van der Waals surface area contributed by atoms with Crippen molar-refractivity contribution in [3.8, 4) is 5.75 Å². The number of hydrogen-bond acceptors (Lipinski definition) is 4. The fourth-order valence-corrected chi connectivity index (χ4v) is 2.12. The topological polar surface area (TPSA) is 48.4 Å². The Morgan fingerprint density at radius 3 is 2.95 bits per heavy atom. The normalized spacial score (nSPS) is 16.1. The number of rotatable bonds is 4. The van der Waals surface area contributed by atoms with Gasteiger partial charge in [0.2, 0.25) is 0 Å². The van der Waals surface area contributed by atoms with Crippen molar-refractivity contribution in [3.63, 3.8) is 0 Å². The third-order valence-corrected chi connectivity index (χ3v) is 3.32. The van der Waals surface area contributed by atoms with Crippen molar-refractivity contribution in [2.75, 3.05) is 7.11 Å². The van der Waals surface area contributed by atoms with E-state index in [2.05, 4.69) is 4.98 Å². The molecular formula is C15H15NO3. The first kappa shape index (κ1) is 12.0. The van der Waals surface area contributed by atoms with Gasteiger partial charge in [0.15, 0.2) is 6.10 Å². The minimum Gasteiger partial charge on any atom is -0.478 e. The van der Waals surface area contributed by atoms with Crippen LogP contribution < -0.4 is 4.74 Å². The summed E-state index contributed by atoms with van der Waals surface area (Å²) < 4.78 is 10.6. The minimum atomic E-state index is -0.494. The van der Waals surface area contributed by atoms with E-state index >= 15 is 0 Å². The molecular weight excluding hydrogens is 242 g/mol. The fraction of sp³-hybridized carbons (Fsp3) is 0.333. The van der Waals surface area contributed by atoms with Crippen molar-refractivity contribution in [2.24, 2.45) is 5.92 Å². The van der Waals surface area contributed by atoms with Gasteiger partial charge >= 0.3 is 5.97 Å². The molecule has 1 aliphatic rings. The van der Waals surface area contributed by atoms with E-state index in [-0.39, 0.29) is 11.9 Å². The van der Waals surface area contributed by atoms with Crippen LogP contribution in [0.3, 0.4) is 0 Å². The Morgan fingerprint density at radius 1 is 1.37 bits per heavy atom. The fourth-order valence-electron chi connectivity index (χ4n) is 2.12. The Kier molecular flexibility index (Phi) is 3.07. The molecule has 0 saturated heterocycles. The summed E-state index contributed by atoms with van der Waals surface area (Å²) in [6, 6.07) is 9.55. The first-order valence-electron chi connectivity index (χ1n) is 6.37. The van der Waals surface area contributed by atoms with Crippen molar-refractivity contribution in [3.05, 3.63) is 36.5 Å². The SMILES string of the molecule is COC(=O)C(Oc1ccc2cccnc2c1)C1CC1. The van der Waals surface area contributed by atoms with Crippen LogP contribution in [-0.2, 0) is 9.53 Å². The molecule has 4 heteroatoms. The minimum absolute atomic E-state index is 0.284. The Bertz CT molecular complexity index is 607. The van der Waals surface area contributed by atoms with Crippen molar-refractivity contribution in [2.45, 2.75) is 18.9 Å². The molecule has 0 spiro atoms. The molecule has 19 heavy (non-hydrogen) atoms. The van der Waals surface area contributed by atoms with E-state index in [0.717, 1.165) is 23.7 Å². The van der Waals surface area contributed by atoms with Gasteiger partial charge in [0.1, 0.15) is 5.75 Å². The van der Waals surface area contributed by atoms with E-state index in [0.29, 0.717) is 5.75 Å². The van der Waals surface area contributed by atoms with E-state index in [1.807, 2.05) is 30.3 Å². The summed E-state index contributed by atoms with van der Waals surface area (Å²) in [4.78, 5) is 16.0. The second-order valence-electron chi connectivity index (χ2n) is 4.76. The Hall–Kier alpha value is -2.10. The van der Waals surface area contributed by atoms with Gasteiger partial charge in [-0.3, -0.25) is 4.98 Å². The molecule has 1 saturated carbocycles. The highest BCUT2D eigenvalue weighted by molar-refractivity contribution is 5.80. The first-order valence-corrected chi connectivity index (χ1v) is 6.37. The molecule has 0 aliphatic heterocycles. The van der Waals surface area contributed by atoms with Gasteiger partial charge in [0.25, 0.3) is 0 Å². The van der Waals surface area contributed by atoms with Crippen molar-refractivity contribution in [1.82, 2.24) is 4.98 Å². The van der Waals surface area contributed by atoms with Gasteiger partial charge in [-0.1, -0.05) is 6.07 Å². The molecule has 0 amide bonds. The lowest BCUT2D eigenvalue weighted by Crippen LogP contribution is -2.30. The Labute approximate surface area is 111 Å². The lowest BCUT2D eigenvalue weighted by molar-refractivity contribution is -0.149. The first-order chi connectivity index (χ1) is 9.28. The average Bonchev–Trinajstić information content (AvgIpc) is 3.28. The Morgan fingerprint density at radius 2 is 2.21 bits per heavy atom. The smallest absolute Gasteiger partial charge is 0.347 e. The second-order valence-corrected chi connectivity index (χ2v) is 4.76. The molecule has 1 atom stereocenters. The summed E-state index contributed by atoms with van der Waals surface area (Å²) in [5.74, 6) is 0.643. The maximum absolute atomic E-state index is 11.7. The van der Waals surface area contributed by atoms with Crippen LogP contribution in [0.1, 0.15) is 12.8 Å². The van der Waals surface area contributed by atoms with Crippen LogP contribution in [0.25, 0.3) is 10.9 Å². The number of aromatic nitrogens is 1. The lowest BCUT2D eigenvalue weighted by Gasteiger charge is -2.16. The Balaban J connectivity index is 1.85. The van der Waals surface area contributed by atoms with Gasteiger partial charge in [-0.05, 0) is 31.0 Å². The predicted molar refractivity (Wildman–Crippen MR) is 70.9 cm³/mol. The molecule has 1 fully saturated rings. The molecule has 1 heterocycles. The van der Waals surface area contributed by atoms with Crippen molar-refractivity contribution < 1.29 is 14.3 Å². The predicted octanol–water partition coefficient (Wildman–Crippen LogP) is 2.57. The third kappa shape index (κ3) is 2.52. The van der Waals surface area contributed by atoms with Gasteiger partial charge in [0.05, 0.1) is 12.6 Å². The van der Waals surface area contributed by atoms with Crippen LogP contribution in [0.15, 0.2) is 36.5 Å². The molecule has 2 aromatic rings. The van der Waals surface area contributed by atoms with Crippen LogP contribution >= 0.6 is 0 Å². The summed E-state index contributed by atoms with van der Waals surface area (Å²) in [5.41, 5.74) is 0.861. The zero-order valence-corrected chi connectivity index (χ0v) is 10.7. The van der Waals surface area contributed by atoms with Crippen molar-refractivity contribution in [1.29, 1.82) is 0 Å². The number of carbonyl (C=O) groups excluding carboxylic acids is 1. The highest BCUT2D eigenvalue weighted by atomic mass is 16.6. The number of fused-ring (bicyclic) bond motifs is 1. The van der Waals surface area contributed by atoms with Crippen LogP contribution in [-0.4, -0.2) is 24.2 Å². The monoisotopic (exact) mass is 257 g/mol. The van der Waals surface area contributed by atoms with Gasteiger partial charge in [-0.15, -0.1) is 0 Å². The third-order valence-electron chi connectivity index (χ3n) is 3.32. The van der Waals surface area contributed by atoms with Crippen LogP contribution in [0.5, 0.6) is 5.75 Å². The number of ether oxygens (including phenoxy) is 2. The van der Waals surface area contributed by atoms with E-state index in [9.17, 15) is 4.79 Å². The number of nitrogens with zero attached hydrogens (tertiary/aromatic N) is 1. The lowest BCUT2D eigenvalue weighted by atomic mass is 10.2. The van der Waals surface area contributed by atoms with E-state index in [1.54, 1.807) is 6.20 Å². The number of pyridine rings is 1. The molecule has 1 aliphatic carbocycles. The highest BCUT2D eigenvalue weighted by Gasteiger charge is 2.39. The van der Waals surface area contributed by atoms with E-state index in [1.165, 1.54) is 7.11 Å². The molecule has 4 nitrogen and oxygen atoms in total. The van der Waals surface area contributed by atoms with Crippen molar-refractivity contribution >= 4 is 16.9 Å². The highest BCUT2D eigenvalue weighted by Crippen LogP contribution is 2.35. The second kappa shape index (κ2) is 4.88. The quantitative estimate of drug-likeness (QED) is 0.790. The van der Waals surface area contributed by atoms with Gasteiger partial charge in [0, 0.05) is 23.6 Å². The number of esters is 1. The van der Waals surface area contributed by atoms with Crippen LogP contribution in [0.2, 0.25) is 0 Å². The van der Waals surface area contributed by atoms with Gasteiger partial charge < -0.3 is 9.47 Å². The molecule has 0 N–H and O–H groups in total. The zero-order valence-electron chi connectivity index (χ0n) is 10.7. The van der Waals surface area contributed by atoms with Gasteiger partial charge in [-0.2, -0.15) is 0 Å². The van der Waals surface area contributed by atoms with E-state index in [4.69, 9.17) is 9.47 Å². The maximum Gasteiger partial charge on any atom is 0.347 e. The molecule has 98 valence electrons. The average molecular weight is 257 g/mol. The van der Waals surface area contributed by atoms with Crippen LogP contribution in [0.4, 0.5) is 0 Å². The van der Waals surface area contributed by atoms with E-state index < -0.39 is 6.10 Å². The summed E-state index contributed by atoms with van der Waals surface area (Å²) in [6.07, 6.45) is 3.29.